The lowest BCUT2D eigenvalue weighted by atomic mass is 9.89. The molecule has 1 atom stereocenters. The van der Waals surface area contributed by atoms with Crippen molar-refractivity contribution < 1.29 is 18.9 Å². The maximum absolute atomic E-state index is 13.1. The molecule has 0 heterocycles. The molecule has 0 amide bonds. The minimum absolute atomic E-state index is 0.324. The molecule has 0 aliphatic heterocycles. The zero-order valence-corrected chi connectivity index (χ0v) is 17.3. The summed E-state index contributed by atoms with van der Waals surface area (Å²) < 4.78 is 13.4. The highest BCUT2D eigenvalue weighted by Crippen LogP contribution is 2.28. The van der Waals surface area contributed by atoms with E-state index in [0.717, 1.165) is 24.8 Å². The van der Waals surface area contributed by atoms with Crippen LogP contribution in [0.25, 0.3) is 0 Å². The lowest BCUT2D eigenvalue weighted by Crippen LogP contribution is -2.25. The summed E-state index contributed by atoms with van der Waals surface area (Å²) in [6.45, 7) is 4.22. The number of benzene rings is 2. The van der Waals surface area contributed by atoms with Crippen molar-refractivity contribution in [3.05, 3.63) is 70.2 Å². The van der Waals surface area contributed by atoms with Crippen LogP contribution in [0, 0.1) is 6.92 Å². The van der Waals surface area contributed by atoms with Gasteiger partial charge in [-0.3, -0.25) is 14.2 Å². The van der Waals surface area contributed by atoms with E-state index in [-0.39, 0.29) is 5.78 Å². The SMILES string of the molecule is CCCCCOC(=O)C(C(=O)c1c(C)cccc1Cl)c1ccccc1.O=P. The fourth-order valence-corrected chi connectivity index (χ4v) is 3.05. The van der Waals surface area contributed by atoms with Gasteiger partial charge in [0.2, 0.25) is 0 Å². The third-order valence-corrected chi connectivity index (χ3v) is 4.41. The van der Waals surface area contributed by atoms with Gasteiger partial charge in [-0.25, -0.2) is 0 Å². The van der Waals surface area contributed by atoms with Crippen LogP contribution in [0.5, 0.6) is 0 Å². The van der Waals surface area contributed by atoms with Crippen molar-refractivity contribution in [3.8, 4) is 0 Å². The van der Waals surface area contributed by atoms with Gasteiger partial charge in [-0.2, -0.15) is 0 Å². The topological polar surface area (TPSA) is 60.4 Å². The molecule has 2 rings (SSSR count). The molecule has 0 radical (unpaired) electrons. The van der Waals surface area contributed by atoms with E-state index in [1.807, 2.05) is 19.1 Å². The molecule has 0 saturated heterocycles. The summed E-state index contributed by atoms with van der Waals surface area (Å²) in [5.41, 5.74) is 1.74. The molecule has 0 saturated carbocycles. The summed E-state index contributed by atoms with van der Waals surface area (Å²) in [5, 5.41) is 0.352. The van der Waals surface area contributed by atoms with Crippen molar-refractivity contribution in [2.45, 2.75) is 39.0 Å². The summed E-state index contributed by atoms with van der Waals surface area (Å²) in [7, 11) is 1.72. The van der Waals surface area contributed by atoms with Crippen molar-refractivity contribution in [2.75, 3.05) is 6.61 Å². The van der Waals surface area contributed by atoms with Gasteiger partial charge in [0.1, 0.15) is 15.0 Å². The van der Waals surface area contributed by atoms with E-state index in [0.29, 0.717) is 22.8 Å². The monoisotopic (exact) mass is 406 g/mol. The summed E-state index contributed by atoms with van der Waals surface area (Å²) in [6.07, 6.45) is 2.82. The Morgan fingerprint density at radius 1 is 1.04 bits per heavy atom. The molecule has 0 fully saturated rings. The second kappa shape index (κ2) is 12.4. The number of aryl methyl sites for hydroxylation is 1. The highest BCUT2D eigenvalue weighted by Gasteiger charge is 2.32. The fraction of sp³-hybridized carbons (Fsp3) is 0.333. The number of hydrogen-bond donors (Lipinski definition) is 0. The van der Waals surface area contributed by atoms with Crippen LogP contribution >= 0.6 is 20.7 Å². The second-order valence-corrected chi connectivity index (χ2v) is 6.42. The Kier molecular flexibility index (Phi) is 10.5. The van der Waals surface area contributed by atoms with Gasteiger partial charge in [-0.1, -0.05) is 73.8 Å². The summed E-state index contributed by atoms with van der Waals surface area (Å²) in [6, 6.07) is 14.3. The van der Waals surface area contributed by atoms with Gasteiger partial charge in [0.05, 0.1) is 11.6 Å². The minimum atomic E-state index is -0.999. The maximum Gasteiger partial charge on any atom is 0.321 e. The van der Waals surface area contributed by atoms with Gasteiger partial charge in [0, 0.05) is 5.56 Å². The Morgan fingerprint density at radius 3 is 2.30 bits per heavy atom. The van der Waals surface area contributed by atoms with Crippen molar-refractivity contribution in [3.63, 3.8) is 0 Å². The molecule has 0 N–H and O–H groups in total. The first-order chi connectivity index (χ1) is 13.1. The highest BCUT2D eigenvalue weighted by atomic mass is 35.5. The lowest BCUT2D eigenvalue weighted by molar-refractivity contribution is -0.144. The third kappa shape index (κ3) is 6.57. The van der Waals surface area contributed by atoms with Crippen molar-refractivity contribution >= 4 is 32.5 Å². The van der Waals surface area contributed by atoms with E-state index >= 15 is 0 Å². The molecule has 1 unspecified atom stereocenters. The molecule has 144 valence electrons. The normalized spacial score (nSPS) is 11.1. The average molecular weight is 407 g/mol. The first-order valence-electron chi connectivity index (χ1n) is 8.77. The van der Waals surface area contributed by atoms with Gasteiger partial charge < -0.3 is 4.74 Å². The van der Waals surface area contributed by atoms with Gasteiger partial charge >= 0.3 is 5.97 Å². The number of carbonyl (C=O) groups is 2. The predicted molar refractivity (Wildman–Crippen MR) is 109 cm³/mol. The number of carbonyl (C=O) groups excluding carboxylic acids is 2. The van der Waals surface area contributed by atoms with Crippen molar-refractivity contribution in [2.24, 2.45) is 0 Å². The first kappa shape index (κ1) is 23.0. The third-order valence-electron chi connectivity index (χ3n) is 4.09. The van der Waals surface area contributed by atoms with E-state index in [2.05, 4.69) is 6.92 Å². The molecule has 27 heavy (non-hydrogen) atoms. The number of esters is 1. The van der Waals surface area contributed by atoms with Crippen LogP contribution in [0.2, 0.25) is 5.02 Å². The molecular formula is C21H24ClO4P. The Balaban J connectivity index is 0.00000176. The molecular weight excluding hydrogens is 383 g/mol. The van der Waals surface area contributed by atoms with E-state index in [4.69, 9.17) is 20.9 Å². The number of ether oxygens (including phenoxy) is 1. The van der Waals surface area contributed by atoms with E-state index < -0.39 is 11.9 Å². The number of ketones is 1. The summed E-state index contributed by atoms with van der Waals surface area (Å²) in [5.74, 6) is -1.84. The highest BCUT2D eigenvalue weighted by molar-refractivity contribution is 7.00. The number of hydrogen-bond acceptors (Lipinski definition) is 4. The van der Waals surface area contributed by atoms with Gasteiger partial charge in [-0.15, -0.1) is 0 Å². The van der Waals surface area contributed by atoms with E-state index in [1.165, 1.54) is 0 Å². The average Bonchev–Trinajstić information content (AvgIpc) is 2.68. The largest absolute Gasteiger partial charge is 0.465 e. The zero-order chi connectivity index (χ0) is 20.2. The molecule has 0 aliphatic rings. The molecule has 0 spiro atoms. The fourth-order valence-electron chi connectivity index (χ4n) is 2.74. The van der Waals surface area contributed by atoms with E-state index in [1.54, 1.807) is 45.5 Å². The Morgan fingerprint density at radius 2 is 1.70 bits per heavy atom. The molecule has 0 bridgehead atoms. The Bertz CT molecular complexity index is 729. The van der Waals surface area contributed by atoms with Crippen LogP contribution in [-0.2, 0) is 14.1 Å². The zero-order valence-electron chi connectivity index (χ0n) is 15.5. The maximum atomic E-state index is 13.1. The standard InChI is InChI=1S/C21H23ClO3.HOP/c1-3-4-8-14-25-21(24)19(16-11-6-5-7-12-16)20(23)18-15(2)10-9-13-17(18)22;1-2/h5-7,9-13,19H,3-4,8,14H2,1-2H3;2H. The first-order valence-corrected chi connectivity index (χ1v) is 9.56. The molecule has 4 nitrogen and oxygen atoms in total. The van der Waals surface area contributed by atoms with Crippen LogP contribution < -0.4 is 0 Å². The summed E-state index contributed by atoms with van der Waals surface area (Å²) >= 11 is 6.23. The van der Waals surface area contributed by atoms with Crippen LogP contribution in [0.1, 0.15) is 53.6 Å². The van der Waals surface area contributed by atoms with Crippen LogP contribution in [0.4, 0.5) is 0 Å². The lowest BCUT2D eigenvalue weighted by Gasteiger charge is -2.17. The predicted octanol–water partition coefficient (Wildman–Crippen LogP) is 5.82. The molecule has 2 aromatic carbocycles. The number of rotatable bonds is 8. The van der Waals surface area contributed by atoms with Crippen LogP contribution in [-0.4, -0.2) is 18.4 Å². The number of halogens is 1. The van der Waals surface area contributed by atoms with Crippen LogP contribution in [0.15, 0.2) is 48.5 Å². The van der Waals surface area contributed by atoms with Crippen molar-refractivity contribution in [1.82, 2.24) is 0 Å². The smallest absolute Gasteiger partial charge is 0.321 e. The molecule has 2 aromatic rings. The minimum Gasteiger partial charge on any atom is -0.465 e. The van der Waals surface area contributed by atoms with E-state index in [9.17, 15) is 9.59 Å². The van der Waals surface area contributed by atoms with Gasteiger partial charge in [-0.05, 0) is 30.5 Å². The quantitative estimate of drug-likeness (QED) is 0.182. The van der Waals surface area contributed by atoms with Crippen molar-refractivity contribution in [1.29, 1.82) is 0 Å². The molecule has 0 aromatic heterocycles. The number of unbranched alkanes of at least 4 members (excludes halogenated alkanes) is 2. The number of Topliss-reactive ketones (excluding diaryl/α,β-unsaturated/α-hetero) is 1. The van der Waals surface area contributed by atoms with Crippen LogP contribution in [0.3, 0.4) is 0 Å². The van der Waals surface area contributed by atoms with Gasteiger partial charge in [0.15, 0.2) is 5.78 Å². The molecule has 6 heteroatoms. The Labute approximate surface area is 167 Å². The van der Waals surface area contributed by atoms with Gasteiger partial charge in [0.25, 0.3) is 0 Å². The molecule has 0 aliphatic carbocycles. The second-order valence-electron chi connectivity index (χ2n) is 6.01. The Hall–Kier alpha value is -2.03. The summed E-state index contributed by atoms with van der Waals surface area (Å²) in [4.78, 5) is 25.8.